The fourth-order valence-electron chi connectivity index (χ4n) is 1.62. The van der Waals surface area contributed by atoms with E-state index in [9.17, 15) is 4.79 Å². The van der Waals surface area contributed by atoms with E-state index in [4.69, 9.17) is 11.6 Å². The van der Waals surface area contributed by atoms with E-state index in [-0.39, 0.29) is 16.8 Å². The molecule has 98 valence electrons. The van der Waals surface area contributed by atoms with Gasteiger partial charge in [0.2, 0.25) is 0 Å². The molecule has 2 heterocycles. The Morgan fingerprint density at radius 3 is 2.74 bits per heavy atom. The van der Waals surface area contributed by atoms with Crippen LogP contribution in [0.2, 0.25) is 5.15 Å². The molecule has 0 saturated carbocycles. The van der Waals surface area contributed by atoms with Crippen LogP contribution in [0.3, 0.4) is 0 Å². The fraction of sp³-hybridized carbons (Fsp3) is 0.231. The average molecular weight is 277 g/mol. The number of hydrogen-bond donors (Lipinski definition) is 0. The molecule has 0 aliphatic carbocycles. The molecule has 2 aromatic rings. The van der Waals surface area contributed by atoms with E-state index in [1.54, 1.807) is 11.9 Å². The minimum Gasteiger partial charge on any atom is -0.334 e. The number of halogens is 1. The largest absolute Gasteiger partial charge is 0.334 e. The third kappa shape index (κ3) is 3.48. The molecule has 1 amide bonds. The van der Waals surface area contributed by atoms with Gasteiger partial charge in [0.1, 0.15) is 10.8 Å². The summed E-state index contributed by atoms with van der Waals surface area (Å²) in [4.78, 5) is 25.8. The third-order valence-electron chi connectivity index (χ3n) is 2.53. The Kier molecular flexibility index (Phi) is 4.06. The predicted molar refractivity (Wildman–Crippen MR) is 71.8 cm³/mol. The minimum absolute atomic E-state index is 0.215. The first kappa shape index (κ1) is 13.4. The van der Waals surface area contributed by atoms with Crippen molar-refractivity contribution in [1.82, 2.24) is 19.9 Å². The van der Waals surface area contributed by atoms with Gasteiger partial charge < -0.3 is 4.90 Å². The molecule has 0 atom stereocenters. The van der Waals surface area contributed by atoms with Gasteiger partial charge in [-0.25, -0.2) is 9.97 Å². The lowest BCUT2D eigenvalue weighted by Crippen LogP contribution is -2.27. The Morgan fingerprint density at radius 2 is 2.11 bits per heavy atom. The van der Waals surface area contributed by atoms with Gasteiger partial charge in [0.25, 0.3) is 5.91 Å². The van der Waals surface area contributed by atoms with Crippen LogP contribution in [0.25, 0.3) is 0 Å². The van der Waals surface area contributed by atoms with E-state index in [1.807, 2.05) is 25.1 Å². The molecule has 6 heteroatoms. The number of aryl methyl sites for hydroxylation is 1. The third-order valence-corrected chi connectivity index (χ3v) is 2.73. The number of amides is 1. The molecule has 19 heavy (non-hydrogen) atoms. The lowest BCUT2D eigenvalue weighted by atomic mass is 10.3. The van der Waals surface area contributed by atoms with Crippen molar-refractivity contribution < 1.29 is 4.79 Å². The van der Waals surface area contributed by atoms with Gasteiger partial charge in [0.05, 0.1) is 24.6 Å². The first-order chi connectivity index (χ1) is 9.06. The molecule has 0 bridgehead atoms. The zero-order valence-corrected chi connectivity index (χ0v) is 11.4. The molecule has 0 fully saturated rings. The second-order valence-electron chi connectivity index (χ2n) is 4.16. The predicted octanol–water partition coefficient (Wildman–Crippen LogP) is 2.11. The molecule has 0 radical (unpaired) electrons. The molecule has 2 aromatic heterocycles. The van der Waals surface area contributed by atoms with Gasteiger partial charge in [-0.2, -0.15) is 0 Å². The molecule has 0 unspecified atom stereocenters. The molecule has 2 rings (SSSR count). The first-order valence-corrected chi connectivity index (χ1v) is 6.09. The molecule has 0 aliphatic rings. The van der Waals surface area contributed by atoms with Crippen molar-refractivity contribution in [1.29, 1.82) is 0 Å². The maximum absolute atomic E-state index is 12.1. The van der Waals surface area contributed by atoms with Crippen LogP contribution in [0.15, 0.2) is 30.6 Å². The Balaban J connectivity index is 2.09. The molecular formula is C13H13ClN4O. The van der Waals surface area contributed by atoms with Crippen molar-refractivity contribution in [3.05, 3.63) is 52.8 Å². The van der Waals surface area contributed by atoms with E-state index in [0.29, 0.717) is 6.54 Å². The Bertz CT molecular complexity index is 585. The van der Waals surface area contributed by atoms with Crippen molar-refractivity contribution in [2.45, 2.75) is 13.5 Å². The number of nitrogens with zero attached hydrogens (tertiary/aromatic N) is 4. The fourth-order valence-corrected chi connectivity index (χ4v) is 1.72. The Labute approximate surface area is 116 Å². The highest BCUT2D eigenvalue weighted by Gasteiger charge is 2.14. The van der Waals surface area contributed by atoms with E-state index in [0.717, 1.165) is 11.4 Å². The highest BCUT2D eigenvalue weighted by Crippen LogP contribution is 2.07. The van der Waals surface area contributed by atoms with Crippen LogP contribution in [0.4, 0.5) is 0 Å². The molecule has 0 aromatic carbocycles. The maximum atomic E-state index is 12.1. The quantitative estimate of drug-likeness (QED) is 0.861. The van der Waals surface area contributed by atoms with E-state index in [1.165, 1.54) is 12.4 Å². The summed E-state index contributed by atoms with van der Waals surface area (Å²) < 4.78 is 0. The van der Waals surface area contributed by atoms with Crippen LogP contribution in [-0.4, -0.2) is 32.8 Å². The lowest BCUT2D eigenvalue weighted by molar-refractivity contribution is 0.0777. The van der Waals surface area contributed by atoms with E-state index >= 15 is 0 Å². The zero-order valence-electron chi connectivity index (χ0n) is 10.7. The van der Waals surface area contributed by atoms with Crippen LogP contribution in [0.5, 0.6) is 0 Å². The summed E-state index contributed by atoms with van der Waals surface area (Å²) in [5, 5.41) is 0.263. The molecular weight excluding hydrogens is 264 g/mol. The van der Waals surface area contributed by atoms with Crippen LogP contribution >= 0.6 is 11.6 Å². The average Bonchev–Trinajstić information content (AvgIpc) is 2.39. The van der Waals surface area contributed by atoms with Crippen molar-refractivity contribution in [3.63, 3.8) is 0 Å². The van der Waals surface area contributed by atoms with Crippen LogP contribution in [0, 0.1) is 6.92 Å². The lowest BCUT2D eigenvalue weighted by Gasteiger charge is -2.16. The van der Waals surface area contributed by atoms with Crippen molar-refractivity contribution in [2.24, 2.45) is 0 Å². The highest BCUT2D eigenvalue weighted by molar-refractivity contribution is 6.29. The summed E-state index contributed by atoms with van der Waals surface area (Å²) in [5.74, 6) is -0.215. The number of carbonyl (C=O) groups is 1. The van der Waals surface area contributed by atoms with Gasteiger partial charge in [-0.05, 0) is 19.1 Å². The van der Waals surface area contributed by atoms with Gasteiger partial charge >= 0.3 is 0 Å². The Hall–Kier alpha value is -2.01. The minimum atomic E-state index is -0.215. The van der Waals surface area contributed by atoms with Crippen LogP contribution < -0.4 is 0 Å². The molecule has 0 aliphatic heterocycles. The number of aromatic nitrogens is 3. The standard InChI is InChI=1S/C13H13ClN4O/c1-9-4-3-5-10(17-9)8-18(2)13(19)11-6-16-12(14)7-15-11/h3-7H,8H2,1-2H3. The summed E-state index contributed by atoms with van der Waals surface area (Å²) in [6.07, 6.45) is 2.72. The second-order valence-corrected chi connectivity index (χ2v) is 4.54. The van der Waals surface area contributed by atoms with Gasteiger partial charge in [-0.15, -0.1) is 0 Å². The van der Waals surface area contributed by atoms with Crippen LogP contribution in [-0.2, 0) is 6.54 Å². The Morgan fingerprint density at radius 1 is 1.32 bits per heavy atom. The van der Waals surface area contributed by atoms with Gasteiger partial charge in [-0.1, -0.05) is 17.7 Å². The second kappa shape index (κ2) is 5.75. The molecule has 0 saturated heterocycles. The number of hydrogen-bond acceptors (Lipinski definition) is 4. The van der Waals surface area contributed by atoms with Crippen molar-refractivity contribution in [3.8, 4) is 0 Å². The summed E-state index contributed by atoms with van der Waals surface area (Å²) in [6, 6.07) is 5.71. The van der Waals surface area contributed by atoms with E-state index < -0.39 is 0 Å². The molecule has 0 spiro atoms. The molecule has 5 nitrogen and oxygen atoms in total. The summed E-state index contributed by atoms with van der Waals surface area (Å²) in [5.41, 5.74) is 2.02. The van der Waals surface area contributed by atoms with Crippen molar-refractivity contribution >= 4 is 17.5 Å². The number of rotatable bonds is 3. The van der Waals surface area contributed by atoms with Gasteiger partial charge in [-0.3, -0.25) is 9.78 Å². The number of carbonyl (C=O) groups excluding carboxylic acids is 1. The maximum Gasteiger partial charge on any atom is 0.274 e. The van der Waals surface area contributed by atoms with Crippen LogP contribution in [0.1, 0.15) is 21.9 Å². The molecule has 0 N–H and O–H groups in total. The zero-order chi connectivity index (χ0) is 13.8. The van der Waals surface area contributed by atoms with Gasteiger partial charge in [0, 0.05) is 12.7 Å². The monoisotopic (exact) mass is 276 g/mol. The number of pyridine rings is 1. The summed E-state index contributed by atoms with van der Waals surface area (Å²) in [7, 11) is 1.70. The first-order valence-electron chi connectivity index (χ1n) is 5.72. The SMILES string of the molecule is Cc1cccc(CN(C)C(=O)c2cnc(Cl)cn2)n1. The highest BCUT2D eigenvalue weighted by atomic mass is 35.5. The topological polar surface area (TPSA) is 59.0 Å². The van der Waals surface area contributed by atoms with Crippen molar-refractivity contribution in [2.75, 3.05) is 7.05 Å². The smallest absolute Gasteiger partial charge is 0.274 e. The van der Waals surface area contributed by atoms with E-state index in [2.05, 4.69) is 15.0 Å². The summed E-state index contributed by atoms with van der Waals surface area (Å²) in [6.45, 7) is 2.33. The van der Waals surface area contributed by atoms with Gasteiger partial charge in [0.15, 0.2) is 0 Å². The summed E-state index contributed by atoms with van der Waals surface area (Å²) >= 11 is 5.63. The normalized spacial score (nSPS) is 10.3.